The Hall–Kier alpha value is -0.870. The van der Waals surface area contributed by atoms with Crippen molar-refractivity contribution in [1.29, 1.82) is 0 Å². The van der Waals surface area contributed by atoms with Crippen LogP contribution >= 0.6 is 11.3 Å². The lowest BCUT2D eigenvalue weighted by Crippen LogP contribution is -2.38. The first kappa shape index (κ1) is 15.2. The summed E-state index contributed by atoms with van der Waals surface area (Å²) in [5.74, 6) is 5.34. The minimum Gasteiger partial charge on any atom is -0.384 e. The SMILES string of the molecule is CC(C)(C)S(=O)(=O)NCc1ccc(C#CCO)s1. The smallest absolute Gasteiger partial charge is 0.216 e. The van der Waals surface area contributed by atoms with E-state index in [1.54, 1.807) is 20.8 Å². The molecule has 1 aromatic heterocycles. The van der Waals surface area contributed by atoms with Gasteiger partial charge in [0.1, 0.15) is 6.61 Å². The molecule has 2 N–H and O–H groups in total. The van der Waals surface area contributed by atoms with Crippen LogP contribution in [0.5, 0.6) is 0 Å². The van der Waals surface area contributed by atoms with Gasteiger partial charge in [-0.05, 0) is 32.9 Å². The first-order valence-corrected chi connectivity index (χ1v) is 7.74. The Morgan fingerprint density at radius 2 is 2.06 bits per heavy atom. The molecule has 0 aromatic carbocycles. The molecule has 0 aliphatic heterocycles. The largest absolute Gasteiger partial charge is 0.384 e. The summed E-state index contributed by atoms with van der Waals surface area (Å²) in [6, 6.07) is 3.64. The van der Waals surface area contributed by atoms with E-state index in [-0.39, 0.29) is 13.2 Å². The van der Waals surface area contributed by atoms with Crippen molar-refractivity contribution in [2.75, 3.05) is 6.61 Å². The lowest BCUT2D eigenvalue weighted by Gasteiger charge is -2.19. The van der Waals surface area contributed by atoms with Crippen LogP contribution in [0.25, 0.3) is 0 Å². The van der Waals surface area contributed by atoms with Crippen molar-refractivity contribution in [3.63, 3.8) is 0 Å². The van der Waals surface area contributed by atoms with Gasteiger partial charge in [0.15, 0.2) is 0 Å². The van der Waals surface area contributed by atoms with E-state index in [9.17, 15) is 8.42 Å². The van der Waals surface area contributed by atoms with E-state index in [1.807, 2.05) is 12.1 Å². The Morgan fingerprint density at radius 1 is 1.39 bits per heavy atom. The highest BCUT2D eigenvalue weighted by Gasteiger charge is 2.28. The Morgan fingerprint density at radius 3 is 2.61 bits per heavy atom. The van der Waals surface area contributed by atoms with Gasteiger partial charge >= 0.3 is 0 Å². The fraction of sp³-hybridized carbons (Fsp3) is 0.500. The number of rotatable bonds is 3. The zero-order valence-electron chi connectivity index (χ0n) is 10.6. The van der Waals surface area contributed by atoms with Crippen LogP contribution in [0.1, 0.15) is 30.5 Å². The minimum absolute atomic E-state index is 0.177. The summed E-state index contributed by atoms with van der Waals surface area (Å²) in [7, 11) is -3.32. The molecular formula is C12H17NO3S2. The third-order valence-electron chi connectivity index (χ3n) is 2.19. The Balaban J connectivity index is 2.68. The van der Waals surface area contributed by atoms with Crippen LogP contribution in [-0.4, -0.2) is 24.9 Å². The summed E-state index contributed by atoms with van der Waals surface area (Å²) < 4.78 is 25.4. The second kappa shape index (κ2) is 5.85. The molecule has 0 aliphatic rings. The molecule has 4 nitrogen and oxygen atoms in total. The standard InChI is InChI=1S/C12H17NO3S2/c1-12(2,3)18(15,16)13-9-11-7-6-10(17-11)5-4-8-14/h6-7,13-14H,8-9H2,1-3H3. The Labute approximate surface area is 112 Å². The Bertz CT molecular complexity index is 556. The predicted molar refractivity (Wildman–Crippen MR) is 73.8 cm³/mol. The third kappa shape index (κ3) is 4.10. The van der Waals surface area contributed by atoms with Crippen LogP contribution in [0.3, 0.4) is 0 Å². The molecule has 0 bridgehead atoms. The van der Waals surface area contributed by atoms with Crippen LogP contribution in [0.4, 0.5) is 0 Å². The van der Waals surface area contributed by atoms with Gasteiger partial charge in [0.2, 0.25) is 10.0 Å². The second-order valence-electron chi connectivity index (χ2n) is 4.66. The van der Waals surface area contributed by atoms with Crippen LogP contribution < -0.4 is 4.72 Å². The summed E-state index contributed by atoms with van der Waals surface area (Å²) in [6.45, 7) is 5.06. The van der Waals surface area contributed by atoms with E-state index in [1.165, 1.54) is 11.3 Å². The van der Waals surface area contributed by atoms with Gasteiger partial charge < -0.3 is 5.11 Å². The molecule has 0 radical (unpaired) electrons. The average Bonchev–Trinajstić information content (AvgIpc) is 2.70. The fourth-order valence-corrected chi connectivity index (χ4v) is 2.74. The quantitative estimate of drug-likeness (QED) is 0.824. The molecule has 0 amide bonds. The van der Waals surface area contributed by atoms with Gasteiger partial charge in [-0.2, -0.15) is 0 Å². The average molecular weight is 287 g/mol. The summed E-state index contributed by atoms with van der Waals surface area (Å²) in [6.07, 6.45) is 0. The second-order valence-corrected chi connectivity index (χ2v) is 8.35. The molecule has 0 spiro atoms. The van der Waals surface area contributed by atoms with Crippen molar-refractivity contribution >= 4 is 21.4 Å². The van der Waals surface area contributed by atoms with Gasteiger partial charge in [0, 0.05) is 11.4 Å². The highest BCUT2D eigenvalue weighted by molar-refractivity contribution is 7.90. The van der Waals surface area contributed by atoms with Crippen LogP contribution in [0.2, 0.25) is 0 Å². The number of sulfonamides is 1. The molecule has 0 saturated heterocycles. The van der Waals surface area contributed by atoms with Gasteiger partial charge in [0.05, 0.1) is 9.62 Å². The van der Waals surface area contributed by atoms with E-state index in [0.717, 1.165) is 9.75 Å². The van der Waals surface area contributed by atoms with Crippen molar-refractivity contribution < 1.29 is 13.5 Å². The van der Waals surface area contributed by atoms with Gasteiger partial charge in [-0.15, -0.1) is 11.3 Å². The summed E-state index contributed by atoms with van der Waals surface area (Å²) in [4.78, 5) is 1.71. The molecule has 0 aliphatic carbocycles. The molecule has 0 atom stereocenters. The normalized spacial score (nSPS) is 12.0. The number of aliphatic hydroxyl groups excluding tert-OH is 1. The van der Waals surface area contributed by atoms with E-state index < -0.39 is 14.8 Å². The van der Waals surface area contributed by atoms with Crippen molar-refractivity contribution in [1.82, 2.24) is 4.72 Å². The number of thiophene rings is 1. The number of hydrogen-bond acceptors (Lipinski definition) is 4. The molecule has 1 heterocycles. The highest BCUT2D eigenvalue weighted by atomic mass is 32.2. The predicted octanol–water partition coefficient (Wildman–Crippen LogP) is 1.31. The molecule has 1 rings (SSSR count). The molecular weight excluding hydrogens is 270 g/mol. The van der Waals surface area contributed by atoms with Crippen molar-refractivity contribution in [3.8, 4) is 11.8 Å². The zero-order chi connectivity index (χ0) is 13.8. The van der Waals surface area contributed by atoms with E-state index >= 15 is 0 Å². The molecule has 0 fully saturated rings. The molecule has 18 heavy (non-hydrogen) atoms. The minimum atomic E-state index is -3.32. The maximum atomic E-state index is 11.8. The molecule has 6 heteroatoms. The molecule has 0 unspecified atom stereocenters. The monoisotopic (exact) mass is 287 g/mol. The first-order valence-electron chi connectivity index (χ1n) is 5.44. The number of nitrogens with one attached hydrogen (secondary N) is 1. The maximum absolute atomic E-state index is 11.8. The van der Waals surface area contributed by atoms with E-state index in [0.29, 0.717) is 0 Å². The highest BCUT2D eigenvalue weighted by Crippen LogP contribution is 2.18. The van der Waals surface area contributed by atoms with Crippen LogP contribution in [-0.2, 0) is 16.6 Å². The molecule has 100 valence electrons. The topological polar surface area (TPSA) is 66.4 Å². The van der Waals surface area contributed by atoms with E-state index in [2.05, 4.69) is 16.6 Å². The van der Waals surface area contributed by atoms with E-state index in [4.69, 9.17) is 5.11 Å². The lowest BCUT2D eigenvalue weighted by atomic mass is 10.3. The van der Waals surface area contributed by atoms with Gasteiger partial charge in [-0.3, -0.25) is 0 Å². The lowest BCUT2D eigenvalue weighted by molar-refractivity contribution is 0.350. The zero-order valence-corrected chi connectivity index (χ0v) is 12.3. The number of aliphatic hydroxyl groups is 1. The summed E-state index contributed by atoms with van der Waals surface area (Å²) >= 11 is 1.41. The first-order chi connectivity index (χ1) is 8.26. The molecule has 0 saturated carbocycles. The summed E-state index contributed by atoms with van der Waals surface area (Å²) in [5.41, 5.74) is 0. The Kier molecular flexibility index (Phi) is 4.93. The molecule has 1 aromatic rings. The van der Waals surface area contributed by atoms with Crippen LogP contribution in [0, 0.1) is 11.8 Å². The van der Waals surface area contributed by atoms with Crippen molar-refractivity contribution in [2.45, 2.75) is 32.1 Å². The number of hydrogen-bond donors (Lipinski definition) is 2. The fourth-order valence-electron chi connectivity index (χ4n) is 1.05. The van der Waals surface area contributed by atoms with Gasteiger partial charge in [-0.25, -0.2) is 13.1 Å². The van der Waals surface area contributed by atoms with Crippen LogP contribution in [0.15, 0.2) is 12.1 Å². The van der Waals surface area contributed by atoms with Crippen molar-refractivity contribution in [3.05, 3.63) is 21.9 Å². The van der Waals surface area contributed by atoms with Gasteiger partial charge in [0.25, 0.3) is 0 Å². The third-order valence-corrected chi connectivity index (χ3v) is 5.33. The maximum Gasteiger partial charge on any atom is 0.216 e. The van der Waals surface area contributed by atoms with Crippen molar-refractivity contribution in [2.24, 2.45) is 0 Å². The summed E-state index contributed by atoms with van der Waals surface area (Å²) in [5, 5.41) is 8.57. The van der Waals surface area contributed by atoms with Gasteiger partial charge in [-0.1, -0.05) is 11.8 Å².